The predicted molar refractivity (Wildman–Crippen MR) is 93.7 cm³/mol. The SMILES string of the molecule is [c]1cc(-c2ccccc2)cc(-c2cccc3ccccc23)c1. The van der Waals surface area contributed by atoms with Crippen molar-refractivity contribution >= 4 is 10.8 Å². The van der Waals surface area contributed by atoms with Crippen LogP contribution in [0.4, 0.5) is 0 Å². The molecule has 0 aliphatic heterocycles. The highest BCUT2D eigenvalue weighted by molar-refractivity contribution is 5.97. The Labute approximate surface area is 130 Å². The normalized spacial score (nSPS) is 10.7. The molecule has 4 aromatic carbocycles. The molecule has 1 radical (unpaired) electrons. The molecule has 0 N–H and O–H groups in total. The van der Waals surface area contributed by atoms with Gasteiger partial charge >= 0.3 is 0 Å². The van der Waals surface area contributed by atoms with Crippen molar-refractivity contribution in [1.82, 2.24) is 0 Å². The summed E-state index contributed by atoms with van der Waals surface area (Å²) < 4.78 is 0. The third-order valence-corrected chi connectivity index (χ3v) is 4.00. The molecule has 0 heterocycles. The van der Waals surface area contributed by atoms with E-state index in [1.807, 2.05) is 12.1 Å². The van der Waals surface area contributed by atoms with Crippen molar-refractivity contribution in [3.8, 4) is 22.3 Å². The van der Waals surface area contributed by atoms with Crippen LogP contribution in [0.25, 0.3) is 33.0 Å². The number of benzene rings is 4. The van der Waals surface area contributed by atoms with Crippen molar-refractivity contribution in [2.45, 2.75) is 0 Å². The number of hydrogen-bond donors (Lipinski definition) is 0. The van der Waals surface area contributed by atoms with E-state index in [1.165, 1.54) is 33.0 Å². The molecule has 0 unspecified atom stereocenters. The summed E-state index contributed by atoms with van der Waals surface area (Å²) in [6.07, 6.45) is 0. The molecule has 4 aromatic rings. The maximum absolute atomic E-state index is 3.29. The minimum atomic E-state index is 1.20. The molecule has 0 aliphatic rings. The Kier molecular flexibility index (Phi) is 3.21. The number of hydrogen-bond acceptors (Lipinski definition) is 0. The lowest BCUT2D eigenvalue weighted by molar-refractivity contribution is 1.59. The van der Waals surface area contributed by atoms with Crippen molar-refractivity contribution in [2.24, 2.45) is 0 Å². The zero-order valence-electron chi connectivity index (χ0n) is 12.2. The summed E-state index contributed by atoms with van der Waals surface area (Å²) in [5, 5.41) is 2.55. The highest BCUT2D eigenvalue weighted by Gasteiger charge is 2.05. The molecule has 0 bridgehead atoms. The molecule has 0 fully saturated rings. The maximum atomic E-state index is 3.29. The maximum Gasteiger partial charge on any atom is -0.0105 e. The molecular formula is C22H15. The molecule has 0 saturated heterocycles. The molecular weight excluding hydrogens is 264 g/mol. The molecule has 0 spiro atoms. The van der Waals surface area contributed by atoms with Crippen LogP contribution >= 0.6 is 0 Å². The highest BCUT2D eigenvalue weighted by Crippen LogP contribution is 2.31. The fourth-order valence-corrected chi connectivity index (χ4v) is 2.90. The van der Waals surface area contributed by atoms with Crippen molar-refractivity contribution in [2.75, 3.05) is 0 Å². The molecule has 0 heteroatoms. The monoisotopic (exact) mass is 279 g/mol. The van der Waals surface area contributed by atoms with E-state index in [-0.39, 0.29) is 0 Å². The van der Waals surface area contributed by atoms with Gasteiger partial charge in [-0.25, -0.2) is 0 Å². The molecule has 0 saturated carbocycles. The summed E-state index contributed by atoms with van der Waals surface area (Å²) in [7, 11) is 0. The lowest BCUT2D eigenvalue weighted by atomic mass is 9.95. The first-order valence-electron chi connectivity index (χ1n) is 7.46. The van der Waals surface area contributed by atoms with Gasteiger partial charge in [0.1, 0.15) is 0 Å². The first-order valence-corrected chi connectivity index (χ1v) is 7.46. The van der Waals surface area contributed by atoms with Crippen LogP contribution in [0.3, 0.4) is 0 Å². The molecule has 0 amide bonds. The minimum absolute atomic E-state index is 1.20. The Morgan fingerprint density at radius 1 is 0.545 bits per heavy atom. The average molecular weight is 279 g/mol. The molecule has 22 heavy (non-hydrogen) atoms. The predicted octanol–water partition coefficient (Wildman–Crippen LogP) is 5.97. The summed E-state index contributed by atoms with van der Waals surface area (Å²) in [4.78, 5) is 0. The summed E-state index contributed by atoms with van der Waals surface area (Å²) in [5.41, 5.74) is 4.89. The largest absolute Gasteiger partial charge is 0.0622 e. The second kappa shape index (κ2) is 5.50. The van der Waals surface area contributed by atoms with Crippen LogP contribution in [0.5, 0.6) is 0 Å². The van der Waals surface area contributed by atoms with Crippen LogP contribution in [0.1, 0.15) is 0 Å². The first kappa shape index (κ1) is 12.8. The highest BCUT2D eigenvalue weighted by atomic mass is 14.1. The lowest BCUT2D eigenvalue weighted by Crippen LogP contribution is -1.83. The Balaban J connectivity index is 1.89. The fourth-order valence-electron chi connectivity index (χ4n) is 2.90. The standard InChI is InChI=1S/C22H15/c1-2-8-17(9-3-1)19-12-6-13-20(16-19)22-15-7-11-18-10-4-5-14-21(18)22/h1-5,7-16H. The topological polar surface area (TPSA) is 0 Å². The first-order chi connectivity index (χ1) is 10.9. The third-order valence-electron chi connectivity index (χ3n) is 4.00. The zero-order valence-corrected chi connectivity index (χ0v) is 12.2. The molecule has 0 aromatic heterocycles. The zero-order chi connectivity index (χ0) is 14.8. The van der Waals surface area contributed by atoms with Gasteiger partial charge < -0.3 is 0 Å². The van der Waals surface area contributed by atoms with Gasteiger partial charge in [0.2, 0.25) is 0 Å². The summed E-state index contributed by atoms with van der Waals surface area (Å²) in [6.45, 7) is 0. The Hall–Kier alpha value is -2.86. The van der Waals surface area contributed by atoms with E-state index in [1.54, 1.807) is 0 Å². The van der Waals surface area contributed by atoms with Gasteiger partial charge in [-0.15, -0.1) is 0 Å². The van der Waals surface area contributed by atoms with Crippen LogP contribution < -0.4 is 0 Å². The average Bonchev–Trinajstić information content (AvgIpc) is 2.62. The second-order valence-electron chi connectivity index (χ2n) is 5.40. The Morgan fingerprint density at radius 2 is 1.27 bits per heavy atom. The van der Waals surface area contributed by atoms with E-state index >= 15 is 0 Å². The molecule has 0 nitrogen and oxygen atoms in total. The van der Waals surface area contributed by atoms with Crippen LogP contribution in [-0.2, 0) is 0 Å². The van der Waals surface area contributed by atoms with E-state index in [9.17, 15) is 0 Å². The van der Waals surface area contributed by atoms with Crippen LogP contribution in [0, 0.1) is 6.07 Å². The third kappa shape index (κ3) is 2.29. The van der Waals surface area contributed by atoms with E-state index in [0.717, 1.165) is 0 Å². The van der Waals surface area contributed by atoms with Gasteiger partial charge in [-0.2, -0.15) is 0 Å². The molecule has 103 valence electrons. The fraction of sp³-hybridized carbons (Fsp3) is 0. The van der Waals surface area contributed by atoms with Gasteiger partial charge in [0.15, 0.2) is 0 Å². The van der Waals surface area contributed by atoms with Gasteiger partial charge in [-0.3, -0.25) is 0 Å². The lowest BCUT2D eigenvalue weighted by Gasteiger charge is -2.09. The smallest absolute Gasteiger partial charge is 0.0105 e. The number of rotatable bonds is 2. The Morgan fingerprint density at radius 3 is 2.18 bits per heavy atom. The van der Waals surface area contributed by atoms with Crippen LogP contribution in [0.15, 0.2) is 91.0 Å². The van der Waals surface area contributed by atoms with Crippen molar-refractivity contribution in [1.29, 1.82) is 0 Å². The van der Waals surface area contributed by atoms with Crippen molar-refractivity contribution in [3.63, 3.8) is 0 Å². The van der Waals surface area contributed by atoms with Gasteiger partial charge in [-0.05, 0) is 57.3 Å². The van der Waals surface area contributed by atoms with Crippen molar-refractivity contribution in [3.05, 3.63) is 97.1 Å². The van der Waals surface area contributed by atoms with Gasteiger partial charge in [0.05, 0.1) is 0 Å². The van der Waals surface area contributed by atoms with E-state index < -0.39 is 0 Å². The second-order valence-corrected chi connectivity index (χ2v) is 5.40. The van der Waals surface area contributed by atoms with E-state index in [4.69, 9.17) is 0 Å². The summed E-state index contributed by atoms with van der Waals surface area (Å²) in [5.74, 6) is 0. The Bertz CT molecular complexity index is 915. The van der Waals surface area contributed by atoms with E-state index in [0.29, 0.717) is 0 Å². The summed E-state index contributed by atoms with van der Waals surface area (Å²) >= 11 is 0. The summed E-state index contributed by atoms with van der Waals surface area (Å²) in [6, 6.07) is 35.1. The van der Waals surface area contributed by atoms with Crippen LogP contribution in [-0.4, -0.2) is 0 Å². The van der Waals surface area contributed by atoms with Gasteiger partial charge in [-0.1, -0.05) is 72.8 Å². The number of fused-ring (bicyclic) bond motifs is 1. The van der Waals surface area contributed by atoms with Crippen molar-refractivity contribution < 1.29 is 0 Å². The van der Waals surface area contributed by atoms with E-state index in [2.05, 4.69) is 84.9 Å². The molecule has 0 aliphatic carbocycles. The quantitative estimate of drug-likeness (QED) is 0.424. The minimum Gasteiger partial charge on any atom is -0.0622 e. The molecule has 4 rings (SSSR count). The van der Waals surface area contributed by atoms with Gasteiger partial charge in [0, 0.05) is 0 Å². The molecule has 0 atom stereocenters. The van der Waals surface area contributed by atoms with Crippen LogP contribution in [0.2, 0.25) is 0 Å². The van der Waals surface area contributed by atoms with Gasteiger partial charge in [0.25, 0.3) is 0 Å².